The molecule has 1 aromatic heterocycles. The molecule has 0 bridgehead atoms. The Bertz CT molecular complexity index is 978. The van der Waals surface area contributed by atoms with Gasteiger partial charge in [-0.15, -0.1) is 0 Å². The van der Waals surface area contributed by atoms with Crippen molar-refractivity contribution < 1.29 is 18.7 Å². The Labute approximate surface area is 178 Å². The molecule has 2 aliphatic heterocycles. The van der Waals surface area contributed by atoms with Crippen LogP contribution in [0.15, 0.2) is 41.6 Å². The minimum atomic E-state index is -0.770. The number of benzene rings is 1. The standard InChI is InChI=1S/C21H23FN6O3/c22-16-12-24-21(26-19(16)31-13-18(23)29)27-10-7-15(8-11-27)20(30)28-17(6-9-25-28)14-4-2-1-3-5-14/h1-5,9,12,15,17H,6-8,10-11,13H2,(H2,23,29)/t17-/m0/s1. The molecule has 2 aromatic rings. The van der Waals surface area contributed by atoms with Crippen LogP contribution < -0.4 is 15.4 Å². The highest BCUT2D eigenvalue weighted by Crippen LogP contribution is 2.32. The summed E-state index contributed by atoms with van der Waals surface area (Å²) in [5.41, 5.74) is 6.09. The maximum atomic E-state index is 13.8. The van der Waals surface area contributed by atoms with Gasteiger partial charge in [0.1, 0.15) is 0 Å². The Balaban J connectivity index is 1.38. The second kappa shape index (κ2) is 9.07. The Hall–Kier alpha value is -3.56. The Morgan fingerprint density at radius 2 is 1.94 bits per heavy atom. The second-order valence-electron chi connectivity index (χ2n) is 7.48. The van der Waals surface area contributed by atoms with E-state index in [-0.39, 0.29) is 29.7 Å². The van der Waals surface area contributed by atoms with Crippen LogP contribution >= 0.6 is 0 Å². The van der Waals surface area contributed by atoms with Crippen molar-refractivity contribution in [1.29, 1.82) is 0 Å². The lowest BCUT2D eigenvalue weighted by Crippen LogP contribution is -2.41. The normalized spacial score (nSPS) is 18.9. The third-order valence-electron chi connectivity index (χ3n) is 5.42. The first-order chi connectivity index (χ1) is 15.0. The van der Waals surface area contributed by atoms with E-state index in [0.717, 1.165) is 11.8 Å². The number of nitrogens with two attached hydrogens (primary N) is 1. The lowest BCUT2D eigenvalue weighted by molar-refractivity contribution is -0.138. The van der Waals surface area contributed by atoms with Crippen LogP contribution in [0.5, 0.6) is 5.88 Å². The molecule has 3 heterocycles. The van der Waals surface area contributed by atoms with E-state index in [1.165, 1.54) is 0 Å². The Morgan fingerprint density at radius 1 is 1.19 bits per heavy atom. The number of carbonyl (C=O) groups excluding carboxylic acids is 2. The maximum absolute atomic E-state index is 13.8. The molecule has 0 aliphatic carbocycles. The maximum Gasteiger partial charge on any atom is 0.255 e. The smallest absolute Gasteiger partial charge is 0.255 e. The van der Waals surface area contributed by atoms with Gasteiger partial charge in [0, 0.05) is 31.6 Å². The fraction of sp³-hybridized carbons (Fsp3) is 0.381. The zero-order valence-electron chi connectivity index (χ0n) is 16.9. The number of ether oxygens (including phenoxy) is 1. The molecule has 4 rings (SSSR count). The third-order valence-corrected chi connectivity index (χ3v) is 5.42. The van der Waals surface area contributed by atoms with Gasteiger partial charge in [-0.3, -0.25) is 9.59 Å². The minimum Gasteiger partial charge on any atom is -0.465 e. The summed E-state index contributed by atoms with van der Waals surface area (Å²) in [7, 11) is 0. The lowest BCUT2D eigenvalue weighted by atomic mass is 9.94. The van der Waals surface area contributed by atoms with Gasteiger partial charge in [-0.05, 0) is 18.4 Å². The van der Waals surface area contributed by atoms with Crippen molar-refractivity contribution in [3.63, 3.8) is 0 Å². The molecular formula is C21H23FN6O3. The zero-order valence-corrected chi connectivity index (χ0v) is 16.9. The highest BCUT2D eigenvalue weighted by Gasteiger charge is 2.35. The SMILES string of the molecule is NC(=O)COc1nc(N2CCC(C(=O)N3N=CC[C@H]3c3ccccc3)CC2)ncc1F. The predicted octanol–water partition coefficient (Wildman–Crippen LogP) is 1.66. The van der Waals surface area contributed by atoms with E-state index in [1.54, 1.807) is 11.2 Å². The van der Waals surface area contributed by atoms with E-state index in [2.05, 4.69) is 15.1 Å². The molecule has 0 radical (unpaired) electrons. The molecule has 1 atom stereocenters. The van der Waals surface area contributed by atoms with E-state index in [0.29, 0.717) is 32.4 Å². The number of halogens is 1. The van der Waals surface area contributed by atoms with Gasteiger partial charge in [0.15, 0.2) is 6.61 Å². The van der Waals surface area contributed by atoms with E-state index in [4.69, 9.17) is 10.5 Å². The first kappa shape index (κ1) is 20.7. The van der Waals surface area contributed by atoms with Crippen molar-refractivity contribution in [2.45, 2.75) is 25.3 Å². The van der Waals surface area contributed by atoms with Gasteiger partial charge in [0.25, 0.3) is 11.8 Å². The summed E-state index contributed by atoms with van der Waals surface area (Å²) in [6, 6.07) is 9.80. The van der Waals surface area contributed by atoms with Crippen LogP contribution in [0.1, 0.15) is 30.9 Å². The van der Waals surface area contributed by atoms with Crippen molar-refractivity contribution in [3.8, 4) is 5.88 Å². The molecule has 0 unspecified atom stereocenters. The first-order valence-corrected chi connectivity index (χ1v) is 10.1. The molecule has 9 nitrogen and oxygen atoms in total. The number of aromatic nitrogens is 2. The Morgan fingerprint density at radius 3 is 2.65 bits per heavy atom. The number of amides is 2. The largest absolute Gasteiger partial charge is 0.465 e. The van der Waals surface area contributed by atoms with Crippen LogP contribution in [0, 0.1) is 11.7 Å². The average molecular weight is 426 g/mol. The number of rotatable bonds is 6. The summed E-state index contributed by atoms with van der Waals surface area (Å²) in [5.74, 6) is -1.69. The van der Waals surface area contributed by atoms with Crippen molar-refractivity contribution >= 4 is 24.0 Å². The monoisotopic (exact) mass is 426 g/mol. The highest BCUT2D eigenvalue weighted by molar-refractivity contribution is 5.82. The van der Waals surface area contributed by atoms with Crippen molar-refractivity contribution in [3.05, 3.63) is 47.9 Å². The summed E-state index contributed by atoms with van der Waals surface area (Å²) < 4.78 is 18.8. The zero-order chi connectivity index (χ0) is 21.8. The molecule has 10 heteroatoms. The van der Waals surface area contributed by atoms with Crippen LogP contribution in [0.25, 0.3) is 0 Å². The molecule has 2 amide bonds. The van der Waals surface area contributed by atoms with E-state index < -0.39 is 18.3 Å². The number of hydrogen-bond donors (Lipinski definition) is 1. The van der Waals surface area contributed by atoms with Gasteiger partial charge >= 0.3 is 0 Å². The van der Waals surface area contributed by atoms with E-state index >= 15 is 0 Å². The summed E-state index contributed by atoms with van der Waals surface area (Å²) in [6.07, 6.45) is 4.69. The fourth-order valence-electron chi connectivity index (χ4n) is 3.83. The average Bonchev–Trinajstić information content (AvgIpc) is 3.29. The summed E-state index contributed by atoms with van der Waals surface area (Å²) in [5, 5.41) is 5.92. The summed E-state index contributed by atoms with van der Waals surface area (Å²) >= 11 is 0. The number of carbonyl (C=O) groups is 2. The number of nitrogens with zero attached hydrogens (tertiary/aromatic N) is 5. The van der Waals surface area contributed by atoms with E-state index in [1.807, 2.05) is 35.2 Å². The van der Waals surface area contributed by atoms with Gasteiger partial charge in [-0.2, -0.15) is 14.5 Å². The highest BCUT2D eigenvalue weighted by atomic mass is 19.1. The number of hydrazone groups is 1. The first-order valence-electron chi connectivity index (χ1n) is 10.1. The van der Waals surface area contributed by atoms with Gasteiger partial charge in [0.2, 0.25) is 17.7 Å². The van der Waals surface area contributed by atoms with Crippen LogP contribution in [0.2, 0.25) is 0 Å². The summed E-state index contributed by atoms with van der Waals surface area (Å²) in [4.78, 5) is 33.9. The molecule has 1 fully saturated rings. The van der Waals surface area contributed by atoms with Crippen LogP contribution in [-0.4, -0.2) is 52.7 Å². The number of anilines is 1. The molecule has 2 aliphatic rings. The number of piperidine rings is 1. The van der Waals surface area contributed by atoms with Crippen molar-refractivity contribution in [1.82, 2.24) is 15.0 Å². The van der Waals surface area contributed by atoms with Gasteiger partial charge in [0.05, 0.1) is 12.2 Å². The van der Waals surface area contributed by atoms with Crippen molar-refractivity contribution in [2.75, 3.05) is 24.6 Å². The van der Waals surface area contributed by atoms with E-state index in [9.17, 15) is 14.0 Å². The number of primary amides is 1. The second-order valence-corrected chi connectivity index (χ2v) is 7.48. The van der Waals surface area contributed by atoms with Gasteiger partial charge < -0.3 is 15.4 Å². The molecule has 0 spiro atoms. The molecule has 2 N–H and O–H groups in total. The fourth-order valence-corrected chi connectivity index (χ4v) is 3.83. The molecule has 1 saturated heterocycles. The Kier molecular flexibility index (Phi) is 6.06. The summed E-state index contributed by atoms with van der Waals surface area (Å²) in [6.45, 7) is 0.596. The molecule has 31 heavy (non-hydrogen) atoms. The van der Waals surface area contributed by atoms with Crippen LogP contribution in [0.3, 0.4) is 0 Å². The van der Waals surface area contributed by atoms with Gasteiger partial charge in [-0.1, -0.05) is 30.3 Å². The molecule has 0 saturated carbocycles. The minimum absolute atomic E-state index is 0.00718. The molecule has 1 aromatic carbocycles. The molecule has 162 valence electrons. The number of hydrogen-bond acceptors (Lipinski definition) is 7. The van der Waals surface area contributed by atoms with Gasteiger partial charge in [-0.25, -0.2) is 9.99 Å². The van der Waals surface area contributed by atoms with Crippen LogP contribution in [0.4, 0.5) is 10.3 Å². The predicted molar refractivity (Wildman–Crippen MR) is 111 cm³/mol. The lowest BCUT2D eigenvalue weighted by Gasteiger charge is -2.33. The quantitative estimate of drug-likeness (QED) is 0.751. The molecular weight excluding hydrogens is 403 g/mol. The van der Waals surface area contributed by atoms with Crippen LogP contribution in [-0.2, 0) is 9.59 Å². The van der Waals surface area contributed by atoms with Crippen molar-refractivity contribution in [2.24, 2.45) is 16.8 Å². The third kappa shape index (κ3) is 4.62. The topological polar surface area (TPSA) is 114 Å².